The Labute approximate surface area is 289 Å². The van der Waals surface area contributed by atoms with Crippen molar-refractivity contribution in [3.63, 3.8) is 0 Å². The highest BCUT2D eigenvalue weighted by Gasteiger charge is 2.55. The van der Waals surface area contributed by atoms with E-state index in [-0.39, 0.29) is 6.54 Å². The van der Waals surface area contributed by atoms with Gasteiger partial charge in [0.05, 0.1) is 37.9 Å². The number of aliphatic hydroxyl groups is 9. The van der Waals surface area contributed by atoms with Crippen molar-refractivity contribution in [1.29, 1.82) is 0 Å². The second-order valence-electron chi connectivity index (χ2n) is 13.0. The van der Waals surface area contributed by atoms with Crippen LogP contribution in [-0.4, -0.2) is 206 Å². The lowest BCUT2D eigenvalue weighted by Crippen LogP contribution is -2.69. The van der Waals surface area contributed by atoms with Crippen LogP contribution in [0, 0.1) is 0 Å². The monoisotopic (exact) mass is 752 g/mol. The minimum Gasteiger partial charge on any atom is -0.394 e. The fraction of sp³-hybridized carbons (Fsp3) is 0.963. The van der Waals surface area contributed by atoms with Gasteiger partial charge < -0.3 is 108 Å². The van der Waals surface area contributed by atoms with Crippen molar-refractivity contribution < 1.29 is 88.0 Å². The van der Waals surface area contributed by atoms with Gasteiger partial charge in [0.15, 0.2) is 25.0 Å². The molecule has 4 fully saturated rings. The molecule has 298 valence electrons. The molecule has 3 heterocycles. The van der Waals surface area contributed by atoms with E-state index in [9.17, 15) is 59.5 Å². The number of halogens is 2. The lowest BCUT2D eigenvalue weighted by atomic mass is 9.83. The Morgan fingerprint density at radius 1 is 0.725 bits per heavy atom. The van der Waals surface area contributed by atoms with E-state index >= 15 is 0 Å². The summed E-state index contributed by atoms with van der Waals surface area (Å²) in [5, 5.41) is 95.5. The van der Waals surface area contributed by atoms with Crippen LogP contribution in [0.15, 0.2) is 0 Å². The Bertz CT molecular complexity index is 1140. The van der Waals surface area contributed by atoms with Gasteiger partial charge in [0.25, 0.3) is 11.8 Å². The number of rotatable bonds is 13. The standard InChI is InChI=1S/C27H50F2N6O16/c28-27(29,5-31)22(44)23(45)35-7-1-6(32)19(49-25-12(34)17(42)15(40)9(3-36)47-25)21(13(7)38)51-26-18(43)20(10(4-37)48-26)50-24-11(33)16(41)14(39)8(2-30)46-24/h6-22,24-26,36-44H,1-5,30-34H2,(H,35,45)/t6-,7+,8-,9+,10+,11+,12+,13-,14+,15+,16+,17+,18+,19+,20+,21+,22?,24+,25+,26-/m0/s1. The summed E-state index contributed by atoms with van der Waals surface area (Å²) >= 11 is 0. The molecule has 1 aliphatic carbocycles. The molecule has 24 heteroatoms. The largest absolute Gasteiger partial charge is 0.394 e. The van der Waals surface area contributed by atoms with Crippen LogP contribution in [0.1, 0.15) is 6.42 Å². The second-order valence-corrected chi connectivity index (χ2v) is 13.0. The van der Waals surface area contributed by atoms with Crippen LogP contribution in [0.3, 0.4) is 0 Å². The number of nitrogens with two attached hydrogens (primary N) is 5. The first-order chi connectivity index (χ1) is 23.9. The summed E-state index contributed by atoms with van der Waals surface area (Å²) in [5.74, 6) is -5.67. The van der Waals surface area contributed by atoms with Gasteiger partial charge in [-0.2, -0.15) is 0 Å². The summed E-state index contributed by atoms with van der Waals surface area (Å²) in [6, 6.07) is -5.65. The summed E-state index contributed by atoms with van der Waals surface area (Å²) in [6.45, 7) is -3.23. The Balaban J connectivity index is 1.59. The highest BCUT2D eigenvalue weighted by molar-refractivity contribution is 5.82. The molecule has 1 amide bonds. The molecule has 51 heavy (non-hydrogen) atoms. The molecule has 0 radical (unpaired) electrons. The molecule has 1 saturated carbocycles. The molecule has 0 aromatic heterocycles. The van der Waals surface area contributed by atoms with Crippen LogP contribution >= 0.6 is 0 Å². The lowest BCUT2D eigenvalue weighted by molar-refractivity contribution is -0.311. The molecular formula is C27H50F2N6O16. The zero-order chi connectivity index (χ0) is 38.1. The minimum absolute atomic E-state index is 0.257. The number of hydrogen-bond acceptors (Lipinski definition) is 21. The Kier molecular flexibility index (Phi) is 14.4. The Hall–Kier alpha value is -1.47. The van der Waals surface area contributed by atoms with Crippen molar-refractivity contribution in [2.45, 2.75) is 135 Å². The normalized spacial score (nSPS) is 47.3. The van der Waals surface area contributed by atoms with Crippen molar-refractivity contribution in [3.05, 3.63) is 0 Å². The molecule has 0 bridgehead atoms. The van der Waals surface area contributed by atoms with E-state index in [1.54, 1.807) is 0 Å². The van der Waals surface area contributed by atoms with E-state index in [0.29, 0.717) is 0 Å². The molecule has 4 aliphatic rings. The molecule has 0 aromatic rings. The van der Waals surface area contributed by atoms with Gasteiger partial charge in [-0.25, -0.2) is 8.78 Å². The maximum atomic E-state index is 14.0. The third-order valence-corrected chi connectivity index (χ3v) is 9.52. The van der Waals surface area contributed by atoms with E-state index in [2.05, 4.69) is 5.32 Å². The molecule has 3 aliphatic heterocycles. The number of carbonyl (C=O) groups is 1. The molecular weight excluding hydrogens is 702 g/mol. The molecule has 20 N–H and O–H groups in total. The zero-order valence-corrected chi connectivity index (χ0v) is 27.1. The maximum absolute atomic E-state index is 14.0. The summed E-state index contributed by atoms with van der Waals surface area (Å²) < 4.78 is 62.3. The third-order valence-electron chi connectivity index (χ3n) is 9.52. The van der Waals surface area contributed by atoms with Crippen LogP contribution < -0.4 is 34.0 Å². The maximum Gasteiger partial charge on any atom is 0.294 e. The van der Waals surface area contributed by atoms with E-state index in [4.69, 9.17) is 57.1 Å². The van der Waals surface area contributed by atoms with Gasteiger partial charge in [0, 0.05) is 12.6 Å². The molecule has 22 nitrogen and oxygen atoms in total. The Morgan fingerprint density at radius 3 is 1.75 bits per heavy atom. The topological polar surface area (TPSA) is 397 Å². The van der Waals surface area contributed by atoms with Crippen LogP contribution in [0.5, 0.6) is 0 Å². The van der Waals surface area contributed by atoms with Gasteiger partial charge >= 0.3 is 0 Å². The fourth-order valence-electron chi connectivity index (χ4n) is 6.37. The first-order valence-corrected chi connectivity index (χ1v) is 16.2. The quantitative estimate of drug-likeness (QED) is 0.0830. The number of carbonyl (C=O) groups excluding carboxylic acids is 1. The predicted molar refractivity (Wildman–Crippen MR) is 160 cm³/mol. The summed E-state index contributed by atoms with van der Waals surface area (Å²) in [7, 11) is 0. The molecule has 0 aromatic carbocycles. The van der Waals surface area contributed by atoms with Crippen molar-refractivity contribution >= 4 is 5.91 Å². The highest BCUT2D eigenvalue weighted by Crippen LogP contribution is 2.35. The average molecular weight is 753 g/mol. The highest BCUT2D eigenvalue weighted by atomic mass is 19.3. The average Bonchev–Trinajstić information content (AvgIpc) is 3.40. The third kappa shape index (κ3) is 8.76. The summed E-state index contributed by atoms with van der Waals surface area (Å²) in [5.41, 5.74) is 28.9. The smallest absolute Gasteiger partial charge is 0.294 e. The van der Waals surface area contributed by atoms with Crippen LogP contribution in [0.2, 0.25) is 0 Å². The van der Waals surface area contributed by atoms with Crippen LogP contribution in [0.4, 0.5) is 8.78 Å². The first kappa shape index (κ1) is 42.3. The SMILES string of the molecule is NC[C@@H]1O[C@H](O[C@H]2[C@@H](O)[C@H](O[C@@H]3[C@@H](O)[C@H](NC(=O)C(O)C(F)(F)CN)C[C@H](N)[C@H]3O[C@H]3O[C@H](CO)[C@@H](O)[C@H](O)[C@H]3N)O[C@@H]2CO)[C@H](N)[C@@H](O)[C@@H]1O. The lowest BCUT2D eigenvalue weighted by Gasteiger charge is -2.48. The number of aliphatic hydroxyl groups excluding tert-OH is 9. The zero-order valence-electron chi connectivity index (χ0n) is 27.1. The predicted octanol–water partition coefficient (Wildman–Crippen LogP) is -9.75. The molecule has 0 spiro atoms. The summed E-state index contributed by atoms with van der Waals surface area (Å²) in [4.78, 5) is 12.6. The van der Waals surface area contributed by atoms with Crippen molar-refractivity contribution in [2.24, 2.45) is 28.7 Å². The molecule has 4 rings (SSSR count). The second kappa shape index (κ2) is 17.3. The van der Waals surface area contributed by atoms with Crippen LogP contribution in [-0.2, 0) is 33.2 Å². The van der Waals surface area contributed by atoms with E-state index in [1.807, 2.05) is 0 Å². The van der Waals surface area contributed by atoms with Gasteiger partial charge in [-0.05, 0) is 6.42 Å². The number of amides is 1. The molecule has 1 unspecified atom stereocenters. The number of ether oxygens (including phenoxy) is 6. The van der Waals surface area contributed by atoms with Crippen molar-refractivity contribution in [3.8, 4) is 0 Å². The molecule has 3 saturated heterocycles. The van der Waals surface area contributed by atoms with E-state index < -0.39 is 160 Å². The van der Waals surface area contributed by atoms with Crippen molar-refractivity contribution in [2.75, 3.05) is 26.3 Å². The first-order valence-electron chi connectivity index (χ1n) is 16.2. The van der Waals surface area contributed by atoms with Gasteiger partial charge in [-0.1, -0.05) is 0 Å². The van der Waals surface area contributed by atoms with Gasteiger partial charge in [0.1, 0.15) is 73.2 Å². The number of nitrogens with one attached hydrogen (secondary N) is 1. The number of alkyl halides is 2. The summed E-state index contributed by atoms with van der Waals surface area (Å²) in [6.07, 6.45) is -27.1. The van der Waals surface area contributed by atoms with Crippen LogP contribution in [0.25, 0.3) is 0 Å². The van der Waals surface area contributed by atoms with Gasteiger partial charge in [-0.3, -0.25) is 4.79 Å². The van der Waals surface area contributed by atoms with Crippen molar-refractivity contribution in [1.82, 2.24) is 5.32 Å². The number of hydrogen-bond donors (Lipinski definition) is 15. The van der Waals surface area contributed by atoms with E-state index in [0.717, 1.165) is 0 Å². The Morgan fingerprint density at radius 2 is 1.22 bits per heavy atom. The molecule has 20 atom stereocenters. The van der Waals surface area contributed by atoms with E-state index in [1.165, 1.54) is 0 Å². The minimum atomic E-state index is -4.05. The fourth-order valence-corrected chi connectivity index (χ4v) is 6.37. The van der Waals surface area contributed by atoms with Gasteiger partial charge in [-0.15, -0.1) is 0 Å². The van der Waals surface area contributed by atoms with Gasteiger partial charge in [0.2, 0.25) is 0 Å².